The van der Waals surface area contributed by atoms with Crippen molar-refractivity contribution < 1.29 is 18.7 Å². The van der Waals surface area contributed by atoms with E-state index in [0.29, 0.717) is 42.1 Å². The number of ether oxygens (including phenoxy) is 1. The summed E-state index contributed by atoms with van der Waals surface area (Å²) >= 11 is 1.19. The van der Waals surface area contributed by atoms with E-state index in [1.165, 1.54) is 28.6 Å². The molecule has 1 aliphatic rings. The van der Waals surface area contributed by atoms with Gasteiger partial charge in [-0.1, -0.05) is 11.8 Å². The molecule has 0 radical (unpaired) electrons. The number of rotatable bonds is 6. The van der Waals surface area contributed by atoms with Crippen LogP contribution in [0, 0.1) is 5.92 Å². The molecule has 4 heterocycles. The number of piperidine rings is 1. The summed E-state index contributed by atoms with van der Waals surface area (Å²) in [4.78, 5) is 47.0. The average molecular weight is 431 g/mol. The molecule has 0 aliphatic carbocycles. The predicted molar refractivity (Wildman–Crippen MR) is 108 cm³/mol. The lowest BCUT2D eigenvalue weighted by molar-refractivity contribution is -0.151. The van der Waals surface area contributed by atoms with E-state index in [1.54, 1.807) is 24.0 Å². The van der Waals surface area contributed by atoms with Crippen molar-refractivity contribution in [2.24, 2.45) is 5.92 Å². The number of aromatic nitrogens is 4. The van der Waals surface area contributed by atoms with Crippen LogP contribution in [0.2, 0.25) is 0 Å². The first kappa shape index (κ1) is 20.2. The molecule has 0 spiro atoms. The maximum atomic E-state index is 12.8. The standard InChI is InChI=1S/C19H21N5O5S/c1-2-28-18(27)12-5-3-7-23(10-12)16(26)11-30-19-21-17(13-6-4-8-29-13)20-14-9-15(25)22-24(14)19/h4,6,8-9,12H,2-3,5,7,10-11H2,1H3,(H,22,25)/t12-/m0/s1. The van der Waals surface area contributed by atoms with Crippen molar-refractivity contribution in [3.05, 3.63) is 34.8 Å². The zero-order chi connectivity index (χ0) is 21.1. The highest BCUT2D eigenvalue weighted by molar-refractivity contribution is 7.99. The number of nitrogens with one attached hydrogen (secondary N) is 1. The Morgan fingerprint density at radius 3 is 3.03 bits per heavy atom. The number of carbonyl (C=O) groups is 2. The molecule has 0 unspecified atom stereocenters. The molecule has 1 fully saturated rings. The Hall–Kier alpha value is -3.08. The van der Waals surface area contributed by atoms with Crippen molar-refractivity contribution in [3.8, 4) is 11.6 Å². The maximum Gasteiger partial charge on any atom is 0.310 e. The Balaban J connectivity index is 1.49. The van der Waals surface area contributed by atoms with Gasteiger partial charge >= 0.3 is 5.97 Å². The van der Waals surface area contributed by atoms with Crippen molar-refractivity contribution in [2.75, 3.05) is 25.4 Å². The molecule has 1 N–H and O–H groups in total. The average Bonchev–Trinajstić information content (AvgIpc) is 3.41. The van der Waals surface area contributed by atoms with Gasteiger partial charge in [-0.3, -0.25) is 19.5 Å². The largest absolute Gasteiger partial charge is 0.466 e. The highest BCUT2D eigenvalue weighted by Crippen LogP contribution is 2.23. The van der Waals surface area contributed by atoms with Crippen LogP contribution < -0.4 is 5.56 Å². The van der Waals surface area contributed by atoms with Crippen LogP contribution in [0.4, 0.5) is 0 Å². The third-order valence-corrected chi connectivity index (χ3v) is 5.71. The van der Waals surface area contributed by atoms with Gasteiger partial charge in [-0.25, -0.2) is 9.50 Å². The number of esters is 1. The molecule has 1 amide bonds. The highest BCUT2D eigenvalue weighted by Gasteiger charge is 2.29. The Bertz CT molecular complexity index is 1110. The van der Waals surface area contributed by atoms with Crippen molar-refractivity contribution in [2.45, 2.75) is 24.9 Å². The van der Waals surface area contributed by atoms with Crippen LogP contribution in [-0.4, -0.2) is 61.8 Å². The number of hydrogen-bond donors (Lipinski definition) is 1. The zero-order valence-corrected chi connectivity index (χ0v) is 17.2. The molecule has 158 valence electrons. The fourth-order valence-corrected chi connectivity index (χ4v) is 4.22. The summed E-state index contributed by atoms with van der Waals surface area (Å²) in [5.74, 6) is 0.258. The van der Waals surface area contributed by atoms with E-state index in [4.69, 9.17) is 9.15 Å². The normalized spacial score (nSPS) is 16.7. The Kier molecular flexibility index (Phi) is 5.88. The quantitative estimate of drug-likeness (QED) is 0.461. The molecule has 3 aromatic heterocycles. The third-order valence-electron chi connectivity index (χ3n) is 4.78. The van der Waals surface area contributed by atoms with E-state index in [1.807, 2.05) is 0 Å². The summed E-state index contributed by atoms with van der Waals surface area (Å²) in [5.41, 5.74) is 0.0686. The molecule has 0 bridgehead atoms. The summed E-state index contributed by atoms with van der Waals surface area (Å²) in [6, 6.07) is 4.80. The number of hydrogen-bond acceptors (Lipinski definition) is 8. The van der Waals surface area contributed by atoms with Crippen molar-refractivity contribution in [1.82, 2.24) is 24.5 Å². The summed E-state index contributed by atoms with van der Waals surface area (Å²) in [6.07, 6.45) is 2.99. The molecule has 0 saturated carbocycles. The Morgan fingerprint density at radius 2 is 2.27 bits per heavy atom. The van der Waals surface area contributed by atoms with Gasteiger partial charge in [-0.15, -0.1) is 0 Å². The van der Waals surface area contributed by atoms with Crippen LogP contribution in [0.15, 0.2) is 38.8 Å². The first-order valence-corrected chi connectivity index (χ1v) is 10.6. The Morgan fingerprint density at radius 1 is 1.40 bits per heavy atom. The fraction of sp³-hybridized carbons (Fsp3) is 0.421. The smallest absolute Gasteiger partial charge is 0.310 e. The van der Waals surface area contributed by atoms with E-state index in [2.05, 4.69) is 15.1 Å². The molecule has 1 saturated heterocycles. The second-order valence-electron chi connectivity index (χ2n) is 6.84. The molecule has 10 nitrogen and oxygen atoms in total. The van der Waals surface area contributed by atoms with Crippen molar-refractivity contribution in [3.63, 3.8) is 0 Å². The van der Waals surface area contributed by atoms with Gasteiger partial charge in [-0.05, 0) is 31.9 Å². The van der Waals surface area contributed by atoms with Gasteiger partial charge in [0.25, 0.3) is 5.56 Å². The van der Waals surface area contributed by atoms with E-state index in [9.17, 15) is 14.4 Å². The maximum absolute atomic E-state index is 12.8. The van der Waals surface area contributed by atoms with Crippen molar-refractivity contribution >= 4 is 29.3 Å². The second kappa shape index (κ2) is 8.74. The van der Waals surface area contributed by atoms with Crippen LogP contribution in [0.5, 0.6) is 0 Å². The minimum Gasteiger partial charge on any atom is -0.466 e. The van der Waals surface area contributed by atoms with Crippen molar-refractivity contribution in [1.29, 1.82) is 0 Å². The summed E-state index contributed by atoms with van der Waals surface area (Å²) in [6.45, 7) is 3.06. The molecular formula is C19H21N5O5S. The van der Waals surface area contributed by atoms with Crippen LogP contribution in [0.1, 0.15) is 19.8 Å². The van der Waals surface area contributed by atoms with Gasteiger partial charge in [0, 0.05) is 19.2 Å². The van der Waals surface area contributed by atoms with Crippen LogP contribution >= 0.6 is 11.8 Å². The lowest BCUT2D eigenvalue weighted by Gasteiger charge is -2.31. The first-order chi connectivity index (χ1) is 14.5. The lowest BCUT2D eigenvalue weighted by Crippen LogP contribution is -2.43. The third kappa shape index (κ3) is 4.25. The van der Waals surface area contributed by atoms with E-state index >= 15 is 0 Å². The van der Waals surface area contributed by atoms with E-state index < -0.39 is 0 Å². The number of thioether (sulfide) groups is 1. The van der Waals surface area contributed by atoms with E-state index in [-0.39, 0.29) is 29.1 Å². The summed E-state index contributed by atoms with van der Waals surface area (Å²) in [7, 11) is 0. The highest BCUT2D eigenvalue weighted by atomic mass is 32.2. The predicted octanol–water partition coefficient (Wildman–Crippen LogP) is 1.57. The number of likely N-dealkylation sites (tertiary alicyclic amines) is 1. The topological polar surface area (TPSA) is 123 Å². The van der Waals surface area contributed by atoms with Gasteiger partial charge < -0.3 is 14.1 Å². The van der Waals surface area contributed by atoms with Crippen LogP contribution in [-0.2, 0) is 14.3 Å². The fourth-order valence-electron chi connectivity index (χ4n) is 3.37. The lowest BCUT2D eigenvalue weighted by atomic mass is 9.98. The van der Waals surface area contributed by atoms with Gasteiger partial charge in [0.15, 0.2) is 22.4 Å². The number of carbonyl (C=O) groups excluding carboxylic acids is 2. The molecule has 0 aromatic carbocycles. The van der Waals surface area contributed by atoms with Gasteiger partial charge in [0.1, 0.15) is 0 Å². The number of furan rings is 1. The molecule has 3 aromatic rings. The van der Waals surface area contributed by atoms with Gasteiger partial charge in [-0.2, -0.15) is 4.98 Å². The first-order valence-electron chi connectivity index (χ1n) is 9.66. The molecule has 1 atom stereocenters. The van der Waals surface area contributed by atoms with Gasteiger partial charge in [0.05, 0.1) is 24.5 Å². The Labute approximate surface area is 175 Å². The molecule has 1 aliphatic heterocycles. The zero-order valence-electron chi connectivity index (χ0n) is 16.4. The number of aromatic amines is 1. The van der Waals surface area contributed by atoms with Gasteiger partial charge in [0.2, 0.25) is 5.91 Å². The number of nitrogens with zero attached hydrogens (tertiary/aromatic N) is 4. The molecule has 30 heavy (non-hydrogen) atoms. The summed E-state index contributed by atoms with van der Waals surface area (Å²) in [5, 5.41) is 3.05. The minimum absolute atomic E-state index is 0.102. The summed E-state index contributed by atoms with van der Waals surface area (Å²) < 4.78 is 11.9. The SMILES string of the molecule is CCOC(=O)[C@H]1CCCN(C(=O)CSc2nc(-c3ccco3)nc3cc(=O)[nH]n23)C1. The van der Waals surface area contributed by atoms with E-state index in [0.717, 1.165) is 12.8 Å². The van der Waals surface area contributed by atoms with Crippen LogP contribution in [0.25, 0.3) is 17.2 Å². The molecular weight excluding hydrogens is 410 g/mol. The molecule has 4 rings (SSSR count). The minimum atomic E-state index is -0.317. The number of H-pyrrole nitrogens is 1. The number of fused-ring (bicyclic) bond motifs is 1. The number of amides is 1. The molecule has 11 heteroatoms. The second-order valence-corrected chi connectivity index (χ2v) is 7.78. The van der Waals surface area contributed by atoms with Crippen LogP contribution in [0.3, 0.4) is 0 Å². The monoisotopic (exact) mass is 431 g/mol.